The van der Waals surface area contributed by atoms with Crippen LogP contribution in [0.5, 0.6) is 0 Å². The number of nitrogens with zero attached hydrogens (tertiary/aromatic N) is 2. The molecule has 0 aromatic carbocycles. The minimum Gasteiger partial charge on any atom is -0.462 e. The summed E-state index contributed by atoms with van der Waals surface area (Å²) in [5, 5.41) is 21.6. The Morgan fingerprint density at radius 3 is 1.70 bits per heavy atom. The third-order valence-corrected chi connectivity index (χ3v) is 7.48. The Kier molecular flexibility index (Phi) is 8.32. The van der Waals surface area contributed by atoms with Gasteiger partial charge >= 0.3 is 11.9 Å². The molecule has 192 valence electrons. The maximum absolute atomic E-state index is 13.0. The van der Waals surface area contributed by atoms with Crippen LogP contribution in [-0.2, 0) is 19.1 Å². The number of carbonyl (C=O) groups is 2. The Morgan fingerprint density at radius 2 is 1.27 bits per heavy atom. The predicted molar refractivity (Wildman–Crippen MR) is 125 cm³/mol. The number of ether oxygens (including phenoxy) is 2. The Bertz CT molecular complexity index is 682. The van der Waals surface area contributed by atoms with Crippen LogP contribution in [0.25, 0.3) is 0 Å². The van der Waals surface area contributed by atoms with Gasteiger partial charge in [0.1, 0.15) is 12.2 Å². The van der Waals surface area contributed by atoms with Crippen molar-refractivity contribution in [1.29, 1.82) is 0 Å². The van der Waals surface area contributed by atoms with Gasteiger partial charge in [0.2, 0.25) is 0 Å². The smallest absolute Gasteiger partial charge is 0.309 e. The summed E-state index contributed by atoms with van der Waals surface area (Å²) in [6.07, 6.45) is 2.16. The van der Waals surface area contributed by atoms with E-state index in [4.69, 9.17) is 9.47 Å². The summed E-state index contributed by atoms with van der Waals surface area (Å²) >= 11 is 0. The van der Waals surface area contributed by atoms with E-state index in [0.29, 0.717) is 32.1 Å². The second kappa shape index (κ2) is 9.80. The number of hydrogen-bond acceptors (Lipinski definition) is 8. The third-order valence-electron chi connectivity index (χ3n) is 7.48. The van der Waals surface area contributed by atoms with Crippen LogP contribution in [0.3, 0.4) is 0 Å². The fourth-order valence-electron chi connectivity index (χ4n) is 6.04. The Labute approximate surface area is 199 Å². The van der Waals surface area contributed by atoms with Crippen LogP contribution < -0.4 is 0 Å². The van der Waals surface area contributed by atoms with Gasteiger partial charge in [-0.1, -0.05) is 6.92 Å². The molecule has 0 bridgehead atoms. The lowest BCUT2D eigenvalue weighted by atomic mass is 9.78. The maximum Gasteiger partial charge on any atom is 0.309 e. The van der Waals surface area contributed by atoms with Crippen molar-refractivity contribution in [3.05, 3.63) is 0 Å². The fourth-order valence-corrected chi connectivity index (χ4v) is 6.04. The van der Waals surface area contributed by atoms with Gasteiger partial charge in [-0.2, -0.15) is 5.06 Å². The SMILES string of the molecule is CCC(CC(=O)OC1CC(C)(C)N(O)C(C)(C)C1)C(=O)OC1CC(C)(C)N(CO)C(C)(C)C1. The number of aliphatic hydroxyl groups is 1. The largest absolute Gasteiger partial charge is 0.462 e. The Hall–Kier alpha value is -1.22. The number of carbonyl (C=O) groups excluding carboxylic acids is 2. The van der Waals surface area contributed by atoms with E-state index in [1.54, 1.807) is 0 Å². The van der Waals surface area contributed by atoms with E-state index in [9.17, 15) is 19.9 Å². The lowest BCUT2D eigenvalue weighted by Crippen LogP contribution is -2.62. The van der Waals surface area contributed by atoms with Gasteiger partial charge in [-0.05, 0) is 61.8 Å². The van der Waals surface area contributed by atoms with E-state index >= 15 is 0 Å². The molecule has 2 rings (SSSR count). The van der Waals surface area contributed by atoms with E-state index in [2.05, 4.69) is 0 Å². The molecule has 1 atom stereocenters. The van der Waals surface area contributed by atoms with E-state index in [-0.39, 0.29) is 42.4 Å². The van der Waals surface area contributed by atoms with Crippen LogP contribution in [0, 0.1) is 5.92 Å². The molecule has 2 heterocycles. The molecule has 1 unspecified atom stereocenters. The van der Waals surface area contributed by atoms with Crippen molar-refractivity contribution >= 4 is 11.9 Å². The highest BCUT2D eigenvalue weighted by Gasteiger charge is 2.48. The van der Waals surface area contributed by atoms with Gasteiger partial charge in [0.25, 0.3) is 0 Å². The molecule has 0 saturated carbocycles. The Balaban J connectivity index is 1.98. The molecule has 0 amide bonds. The van der Waals surface area contributed by atoms with Gasteiger partial charge in [-0.25, -0.2) is 0 Å². The molecule has 2 N–H and O–H groups in total. The summed E-state index contributed by atoms with van der Waals surface area (Å²) in [7, 11) is 0. The van der Waals surface area contributed by atoms with Crippen LogP contribution in [-0.4, -0.2) is 73.3 Å². The minimum absolute atomic E-state index is 0.0161. The van der Waals surface area contributed by atoms with Crippen LogP contribution in [0.1, 0.15) is 101 Å². The molecule has 0 spiro atoms. The molecule has 2 aliphatic heterocycles. The van der Waals surface area contributed by atoms with Crippen molar-refractivity contribution in [2.75, 3.05) is 6.73 Å². The first kappa shape index (κ1) is 28.0. The molecule has 2 saturated heterocycles. The zero-order valence-electron chi connectivity index (χ0n) is 22.1. The maximum atomic E-state index is 13.0. The number of esters is 2. The molecule has 33 heavy (non-hydrogen) atoms. The van der Waals surface area contributed by atoms with Crippen molar-refractivity contribution in [2.45, 2.75) is 135 Å². The fraction of sp³-hybridized carbons (Fsp3) is 0.920. The van der Waals surface area contributed by atoms with Crippen LogP contribution in [0.15, 0.2) is 0 Å². The number of rotatable bonds is 7. The van der Waals surface area contributed by atoms with Crippen molar-refractivity contribution in [1.82, 2.24) is 9.96 Å². The van der Waals surface area contributed by atoms with Crippen molar-refractivity contribution in [3.63, 3.8) is 0 Å². The summed E-state index contributed by atoms with van der Waals surface area (Å²) < 4.78 is 11.6. The average Bonchev–Trinajstić information content (AvgIpc) is 2.61. The zero-order valence-corrected chi connectivity index (χ0v) is 22.1. The standard InChI is InChI=1S/C25H46N2O6/c1-10-17(11-20(29)32-18-14-24(6,7)27(31)25(8,9)15-18)21(30)33-19-12-22(2,3)26(16-28)23(4,5)13-19/h17-19,28,31H,10-16H2,1-9H3. The first-order valence-electron chi connectivity index (χ1n) is 12.2. The number of hydrogen-bond donors (Lipinski definition) is 2. The molecule has 8 nitrogen and oxygen atoms in total. The normalized spacial score (nSPS) is 26.5. The molecule has 0 aromatic rings. The van der Waals surface area contributed by atoms with Gasteiger partial charge in [-0.15, -0.1) is 0 Å². The first-order valence-corrected chi connectivity index (χ1v) is 12.2. The van der Waals surface area contributed by atoms with Gasteiger partial charge in [0.05, 0.1) is 19.1 Å². The summed E-state index contributed by atoms with van der Waals surface area (Å²) in [5.41, 5.74) is -1.66. The first-order chi connectivity index (χ1) is 14.9. The lowest BCUT2D eigenvalue weighted by Gasteiger charge is -2.54. The zero-order chi connectivity index (χ0) is 25.4. The second-order valence-electron chi connectivity index (χ2n) is 12.4. The highest BCUT2D eigenvalue weighted by molar-refractivity contribution is 5.80. The van der Waals surface area contributed by atoms with E-state index in [1.807, 2.05) is 67.2 Å². The van der Waals surface area contributed by atoms with Crippen molar-refractivity contribution in [3.8, 4) is 0 Å². The minimum atomic E-state index is -0.557. The van der Waals surface area contributed by atoms with Crippen molar-refractivity contribution in [2.24, 2.45) is 5.92 Å². The molecule has 8 heteroatoms. The van der Waals surface area contributed by atoms with Crippen LogP contribution in [0.2, 0.25) is 0 Å². The van der Waals surface area contributed by atoms with Gasteiger partial charge in [0, 0.05) is 47.8 Å². The summed E-state index contributed by atoms with van der Waals surface area (Å²) in [6, 6.07) is 0. The average molecular weight is 471 g/mol. The number of piperidine rings is 2. The highest BCUT2D eigenvalue weighted by atomic mass is 16.6. The van der Waals surface area contributed by atoms with E-state index < -0.39 is 23.0 Å². The number of hydroxylamine groups is 2. The number of aliphatic hydroxyl groups excluding tert-OH is 1. The summed E-state index contributed by atoms with van der Waals surface area (Å²) in [5.74, 6) is -1.33. The third kappa shape index (κ3) is 6.47. The highest BCUT2D eigenvalue weighted by Crippen LogP contribution is 2.40. The quantitative estimate of drug-likeness (QED) is 0.541. The molecule has 0 radical (unpaired) electrons. The van der Waals surface area contributed by atoms with Crippen LogP contribution in [0.4, 0.5) is 0 Å². The molecular weight excluding hydrogens is 424 g/mol. The summed E-state index contributed by atoms with van der Waals surface area (Å²) in [6.45, 7) is 17.7. The van der Waals surface area contributed by atoms with E-state index in [1.165, 1.54) is 5.06 Å². The number of likely N-dealkylation sites (tertiary alicyclic amines) is 1. The molecular formula is C25H46N2O6. The van der Waals surface area contributed by atoms with Gasteiger partial charge in [-0.3, -0.25) is 14.5 Å². The van der Waals surface area contributed by atoms with Crippen molar-refractivity contribution < 1.29 is 29.4 Å². The molecule has 2 aliphatic rings. The molecule has 0 aliphatic carbocycles. The summed E-state index contributed by atoms with van der Waals surface area (Å²) in [4.78, 5) is 27.7. The van der Waals surface area contributed by atoms with Crippen LogP contribution >= 0.6 is 0 Å². The van der Waals surface area contributed by atoms with E-state index in [0.717, 1.165) is 0 Å². The van der Waals surface area contributed by atoms with Gasteiger partial charge in [0.15, 0.2) is 0 Å². The predicted octanol–water partition coefficient (Wildman–Crippen LogP) is 3.87. The lowest BCUT2D eigenvalue weighted by molar-refractivity contribution is -0.259. The second-order valence-corrected chi connectivity index (χ2v) is 12.4. The Morgan fingerprint density at radius 1 is 0.848 bits per heavy atom. The topological polar surface area (TPSA) is 99.5 Å². The van der Waals surface area contributed by atoms with Gasteiger partial charge < -0.3 is 19.8 Å². The molecule has 2 fully saturated rings. The molecule has 0 aromatic heterocycles. The monoisotopic (exact) mass is 470 g/mol.